The van der Waals surface area contributed by atoms with Gasteiger partial charge in [0, 0.05) is 13.1 Å². The topological polar surface area (TPSA) is 108 Å². The van der Waals surface area contributed by atoms with Crippen molar-refractivity contribution in [3.63, 3.8) is 0 Å². The zero-order valence-electron chi connectivity index (χ0n) is 13.6. The van der Waals surface area contributed by atoms with Crippen molar-refractivity contribution in [3.8, 4) is 5.75 Å². The SMILES string of the molecule is CNc1ccc(C(=O)OCC(=O)c2ccccc2OC)cc1[N+](=O)[O-]. The Morgan fingerprint density at radius 2 is 1.92 bits per heavy atom. The van der Waals surface area contributed by atoms with Crippen LogP contribution in [0.4, 0.5) is 11.4 Å². The maximum absolute atomic E-state index is 12.2. The van der Waals surface area contributed by atoms with Crippen molar-refractivity contribution in [2.75, 3.05) is 26.1 Å². The summed E-state index contributed by atoms with van der Waals surface area (Å²) in [6.07, 6.45) is 0. The monoisotopic (exact) mass is 344 g/mol. The first-order chi connectivity index (χ1) is 12.0. The number of hydrogen-bond acceptors (Lipinski definition) is 7. The van der Waals surface area contributed by atoms with E-state index in [4.69, 9.17) is 9.47 Å². The van der Waals surface area contributed by atoms with Crippen LogP contribution in [0, 0.1) is 10.1 Å². The van der Waals surface area contributed by atoms with E-state index in [2.05, 4.69) is 5.32 Å². The molecule has 130 valence electrons. The van der Waals surface area contributed by atoms with E-state index in [0.29, 0.717) is 5.75 Å². The Bertz CT molecular complexity index is 819. The Labute approximate surface area is 143 Å². The fourth-order valence-electron chi connectivity index (χ4n) is 2.19. The lowest BCUT2D eigenvalue weighted by atomic mass is 10.1. The number of benzene rings is 2. The Morgan fingerprint density at radius 3 is 2.56 bits per heavy atom. The first-order valence-corrected chi connectivity index (χ1v) is 7.27. The molecule has 8 nitrogen and oxygen atoms in total. The maximum atomic E-state index is 12.2. The molecule has 0 aliphatic carbocycles. The number of esters is 1. The second-order valence-corrected chi connectivity index (χ2v) is 4.94. The number of rotatable bonds is 7. The third-order valence-electron chi connectivity index (χ3n) is 3.44. The third kappa shape index (κ3) is 4.11. The number of ether oxygens (including phenoxy) is 2. The largest absolute Gasteiger partial charge is 0.496 e. The van der Waals surface area contributed by atoms with Gasteiger partial charge in [-0.15, -0.1) is 0 Å². The molecule has 2 rings (SSSR count). The summed E-state index contributed by atoms with van der Waals surface area (Å²) < 4.78 is 10.0. The normalized spacial score (nSPS) is 10.0. The number of para-hydroxylation sites is 1. The molecule has 0 aliphatic heterocycles. The lowest BCUT2D eigenvalue weighted by molar-refractivity contribution is -0.384. The molecule has 0 amide bonds. The van der Waals surface area contributed by atoms with E-state index >= 15 is 0 Å². The van der Waals surface area contributed by atoms with Crippen molar-refractivity contribution in [2.24, 2.45) is 0 Å². The van der Waals surface area contributed by atoms with E-state index in [9.17, 15) is 19.7 Å². The van der Waals surface area contributed by atoms with Crippen LogP contribution in [-0.2, 0) is 4.74 Å². The molecule has 0 spiro atoms. The molecule has 0 atom stereocenters. The number of nitro benzene ring substituents is 1. The number of carbonyl (C=O) groups is 2. The highest BCUT2D eigenvalue weighted by Crippen LogP contribution is 2.25. The smallest absolute Gasteiger partial charge is 0.338 e. The molecule has 0 saturated carbocycles. The first-order valence-electron chi connectivity index (χ1n) is 7.27. The van der Waals surface area contributed by atoms with Crippen LogP contribution in [0.5, 0.6) is 5.75 Å². The second-order valence-electron chi connectivity index (χ2n) is 4.94. The number of ketones is 1. The van der Waals surface area contributed by atoms with Gasteiger partial charge < -0.3 is 14.8 Å². The molecule has 8 heteroatoms. The fourth-order valence-corrected chi connectivity index (χ4v) is 2.19. The van der Waals surface area contributed by atoms with Crippen molar-refractivity contribution < 1.29 is 24.0 Å². The van der Waals surface area contributed by atoms with E-state index in [1.165, 1.54) is 26.3 Å². The predicted octanol–water partition coefficient (Wildman–Crippen LogP) is 2.68. The van der Waals surface area contributed by atoms with E-state index in [1.54, 1.807) is 24.3 Å². The number of Topliss-reactive ketones (excluding diaryl/α,β-unsaturated/α-hetero) is 1. The van der Waals surface area contributed by atoms with Crippen LogP contribution < -0.4 is 10.1 Å². The van der Waals surface area contributed by atoms with Gasteiger partial charge in [-0.1, -0.05) is 12.1 Å². The third-order valence-corrected chi connectivity index (χ3v) is 3.44. The van der Waals surface area contributed by atoms with Gasteiger partial charge in [0.15, 0.2) is 6.61 Å². The van der Waals surface area contributed by atoms with Gasteiger partial charge in [-0.3, -0.25) is 14.9 Å². The van der Waals surface area contributed by atoms with E-state index in [0.717, 1.165) is 6.07 Å². The molecular formula is C17H16N2O6. The Hall–Kier alpha value is -3.42. The average Bonchev–Trinajstić information content (AvgIpc) is 2.65. The Balaban J connectivity index is 2.11. The van der Waals surface area contributed by atoms with Gasteiger partial charge in [0.25, 0.3) is 5.69 Å². The molecule has 2 aromatic rings. The minimum atomic E-state index is -0.825. The molecule has 2 aromatic carbocycles. The van der Waals surface area contributed by atoms with Crippen LogP contribution in [-0.4, -0.2) is 37.4 Å². The molecule has 0 bridgehead atoms. The summed E-state index contributed by atoms with van der Waals surface area (Å²) in [5.74, 6) is -0.890. The van der Waals surface area contributed by atoms with Gasteiger partial charge in [0.2, 0.25) is 5.78 Å². The van der Waals surface area contributed by atoms with Crippen LogP contribution >= 0.6 is 0 Å². The highest BCUT2D eigenvalue weighted by molar-refractivity contribution is 6.01. The summed E-state index contributed by atoms with van der Waals surface area (Å²) in [7, 11) is 2.97. The van der Waals surface area contributed by atoms with E-state index in [1.807, 2.05) is 0 Å². The average molecular weight is 344 g/mol. The standard InChI is InChI=1S/C17H16N2O6/c1-18-13-8-7-11(9-14(13)19(22)23)17(21)25-10-15(20)12-5-3-4-6-16(12)24-2/h3-9,18H,10H2,1-2H3. The minimum absolute atomic E-state index is 0.0153. The lowest BCUT2D eigenvalue weighted by Gasteiger charge is -2.08. The molecule has 1 N–H and O–H groups in total. The van der Waals surface area contributed by atoms with Crippen LogP contribution in [0.15, 0.2) is 42.5 Å². The maximum Gasteiger partial charge on any atom is 0.338 e. The van der Waals surface area contributed by atoms with Crippen LogP contribution in [0.3, 0.4) is 0 Å². The summed E-state index contributed by atoms with van der Waals surface area (Å²) in [5, 5.41) is 13.7. The quantitative estimate of drug-likeness (QED) is 0.356. The summed E-state index contributed by atoms with van der Waals surface area (Å²) in [5.41, 5.74) is 0.285. The molecule has 0 aromatic heterocycles. The zero-order valence-corrected chi connectivity index (χ0v) is 13.6. The summed E-state index contributed by atoms with van der Waals surface area (Å²) >= 11 is 0. The number of nitrogens with zero attached hydrogens (tertiary/aromatic N) is 1. The molecule has 0 radical (unpaired) electrons. The van der Waals surface area contributed by atoms with Crippen LogP contribution in [0.25, 0.3) is 0 Å². The highest BCUT2D eigenvalue weighted by Gasteiger charge is 2.19. The summed E-state index contributed by atoms with van der Waals surface area (Å²) in [6.45, 7) is -0.499. The molecule has 0 fully saturated rings. The Morgan fingerprint density at radius 1 is 1.20 bits per heavy atom. The van der Waals surface area contributed by atoms with Crippen molar-refractivity contribution in [1.29, 1.82) is 0 Å². The van der Waals surface area contributed by atoms with Gasteiger partial charge in [0.1, 0.15) is 11.4 Å². The molecule has 0 saturated heterocycles. The number of hydrogen-bond donors (Lipinski definition) is 1. The van der Waals surface area contributed by atoms with Gasteiger partial charge in [-0.25, -0.2) is 4.79 Å². The van der Waals surface area contributed by atoms with Gasteiger partial charge >= 0.3 is 5.97 Å². The Kier molecular flexibility index (Phi) is 5.67. The summed E-state index contributed by atoms with van der Waals surface area (Å²) in [6, 6.07) is 10.4. The molecule has 0 aliphatic rings. The summed E-state index contributed by atoms with van der Waals surface area (Å²) in [4.78, 5) is 34.6. The van der Waals surface area contributed by atoms with Crippen molar-refractivity contribution >= 4 is 23.1 Å². The van der Waals surface area contributed by atoms with E-state index < -0.39 is 23.3 Å². The van der Waals surface area contributed by atoms with Crippen molar-refractivity contribution in [3.05, 3.63) is 63.7 Å². The molecular weight excluding hydrogens is 328 g/mol. The second kappa shape index (κ2) is 7.91. The molecule has 25 heavy (non-hydrogen) atoms. The van der Waals surface area contributed by atoms with Gasteiger partial charge in [-0.2, -0.15) is 0 Å². The van der Waals surface area contributed by atoms with E-state index in [-0.39, 0.29) is 22.5 Å². The molecule has 0 unspecified atom stereocenters. The lowest BCUT2D eigenvalue weighted by Crippen LogP contribution is -2.15. The number of carbonyl (C=O) groups excluding carboxylic acids is 2. The van der Waals surface area contributed by atoms with Gasteiger partial charge in [-0.05, 0) is 24.3 Å². The number of anilines is 1. The van der Waals surface area contributed by atoms with Crippen molar-refractivity contribution in [1.82, 2.24) is 0 Å². The zero-order chi connectivity index (χ0) is 18.4. The highest BCUT2D eigenvalue weighted by atomic mass is 16.6. The number of nitrogens with one attached hydrogen (secondary N) is 1. The number of nitro groups is 1. The van der Waals surface area contributed by atoms with Crippen LogP contribution in [0.1, 0.15) is 20.7 Å². The van der Waals surface area contributed by atoms with Crippen LogP contribution in [0.2, 0.25) is 0 Å². The minimum Gasteiger partial charge on any atom is -0.496 e. The fraction of sp³-hybridized carbons (Fsp3) is 0.176. The first kappa shape index (κ1) is 17.9. The predicted molar refractivity (Wildman–Crippen MR) is 90.3 cm³/mol. The van der Waals surface area contributed by atoms with Gasteiger partial charge in [0.05, 0.1) is 23.2 Å². The molecule has 0 heterocycles. The van der Waals surface area contributed by atoms with Crippen molar-refractivity contribution in [2.45, 2.75) is 0 Å². The number of methoxy groups -OCH3 is 1.